The minimum absolute atomic E-state index is 0.300. The predicted octanol–water partition coefficient (Wildman–Crippen LogP) is 15.8. The Morgan fingerprint density at radius 1 is 0.344 bits per heavy atom. The molecule has 10 heteroatoms. The highest BCUT2D eigenvalue weighted by molar-refractivity contribution is 5.87. The van der Waals surface area contributed by atoms with Gasteiger partial charge in [0.15, 0.2) is 5.58 Å². The molecule has 0 fully saturated rings. The van der Waals surface area contributed by atoms with E-state index in [1.807, 2.05) is 149 Å². The van der Waals surface area contributed by atoms with E-state index in [2.05, 4.69) is 0 Å². The summed E-state index contributed by atoms with van der Waals surface area (Å²) in [6.45, 7) is 0. The predicted molar refractivity (Wildman–Crippen MR) is 230 cm³/mol. The molecule has 0 bridgehead atoms. The van der Waals surface area contributed by atoms with Crippen LogP contribution in [-0.4, -0.2) is 4.98 Å². The van der Waals surface area contributed by atoms with Crippen molar-refractivity contribution in [3.8, 4) is 33.7 Å². The molecule has 4 nitrogen and oxygen atoms in total. The Bertz CT molecular complexity index is 2910. The number of fused-ring (bicyclic) bond motifs is 1. The number of hydrogen-bond acceptors (Lipinski definition) is 4. The number of halogens is 6. The Morgan fingerprint density at radius 3 is 1.16 bits per heavy atom. The zero-order chi connectivity index (χ0) is 42.1. The molecular formula is C51H33F6N3O. The molecule has 9 aromatic rings. The van der Waals surface area contributed by atoms with Crippen LogP contribution in [0.15, 0.2) is 205 Å². The van der Waals surface area contributed by atoms with Crippen LogP contribution in [0.1, 0.15) is 11.1 Å². The van der Waals surface area contributed by atoms with Crippen LogP contribution in [0.5, 0.6) is 0 Å². The Morgan fingerprint density at radius 2 is 0.721 bits per heavy atom. The van der Waals surface area contributed by atoms with Crippen LogP contribution in [0.4, 0.5) is 60.5 Å². The van der Waals surface area contributed by atoms with Crippen molar-refractivity contribution in [1.82, 2.24) is 4.98 Å². The lowest BCUT2D eigenvalue weighted by molar-refractivity contribution is -0.138. The third-order valence-corrected chi connectivity index (χ3v) is 10.4. The van der Waals surface area contributed by atoms with Gasteiger partial charge in [-0.05, 0) is 125 Å². The van der Waals surface area contributed by atoms with Crippen molar-refractivity contribution in [3.05, 3.63) is 211 Å². The lowest BCUT2D eigenvalue weighted by Crippen LogP contribution is -2.11. The molecule has 0 aliphatic heterocycles. The van der Waals surface area contributed by atoms with Gasteiger partial charge < -0.3 is 14.2 Å². The molecule has 0 aliphatic carbocycles. The van der Waals surface area contributed by atoms with Crippen LogP contribution in [0, 0.1) is 0 Å². The maximum atomic E-state index is 13.6. The first-order chi connectivity index (χ1) is 29.5. The van der Waals surface area contributed by atoms with E-state index in [1.54, 1.807) is 12.1 Å². The second-order valence-electron chi connectivity index (χ2n) is 14.3. The van der Waals surface area contributed by atoms with Crippen molar-refractivity contribution >= 4 is 45.2 Å². The van der Waals surface area contributed by atoms with Gasteiger partial charge in [-0.3, -0.25) is 0 Å². The lowest BCUT2D eigenvalue weighted by atomic mass is 10.0. The highest BCUT2D eigenvalue weighted by atomic mass is 19.4. The Kier molecular flexibility index (Phi) is 10.1. The molecule has 1 aromatic heterocycles. The van der Waals surface area contributed by atoms with E-state index in [1.165, 1.54) is 24.3 Å². The van der Waals surface area contributed by atoms with E-state index in [0.717, 1.165) is 52.2 Å². The molecule has 8 aromatic carbocycles. The van der Waals surface area contributed by atoms with E-state index >= 15 is 0 Å². The van der Waals surface area contributed by atoms with E-state index in [4.69, 9.17) is 9.40 Å². The summed E-state index contributed by atoms with van der Waals surface area (Å²) in [5, 5.41) is 0. The van der Waals surface area contributed by atoms with Crippen molar-refractivity contribution in [3.63, 3.8) is 0 Å². The second kappa shape index (κ2) is 15.9. The number of alkyl halides is 6. The second-order valence-corrected chi connectivity index (χ2v) is 14.3. The molecule has 0 atom stereocenters. The molecule has 0 saturated heterocycles. The fourth-order valence-electron chi connectivity index (χ4n) is 7.31. The highest BCUT2D eigenvalue weighted by Crippen LogP contribution is 2.42. The molecule has 0 N–H and O–H groups in total. The van der Waals surface area contributed by atoms with E-state index in [9.17, 15) is 26.3 Å². The van der Waals surface area contributed by atoms with Crippen molar-refractivity contribution in [2.24, 2.45) is 0 Å². The smallest absolute Gasteiger partial charge is 0.416 e. The molecule has 9 rings (SSSR count). The number of anilines is 6. The fourth-order valence-corrected chi connectivity index (χ4v) is 7.31. The van der Waals surface area contributed by atoms with Crippen LogP contribution >= 0.6 is 0 Å². The Labute approximate surface area is 347 Å². The SMILES string of the molecule is FC(F)(F)c1ccc(N(c2ccc(-c3ccccc3)cc2)c2cccc(-c3nc4ccc(N(c5ccc(-c6ccccc6)cc5)c5ccc(C(F)(F)F)cc5)cc4o3)c2)cc1. The summed E-state index contributed by atoms with van der Waals surface area (Å²) in [7, 11) is 0. The van der Waals surface area contributed by atoms with Gasteiger partial charge >= 0.3 is 12.4 Å². The lowest BCUT2D eigenvalue weighted by Gasteiger charge is -2.26. The minimum atomic E-state index is -4.49. The van der Waals surface area contributed by atoms with Crippen molar-refractivity contribution < 1.29 is 30.8 Å². The van der Waals surface area contributed by atoms with Crippen molar-refractivity contribution in [2.45, 2.75) is 12.4 Å². The maximum absolute atomic E-state index is 13.6. The monoisotopic (exact) mass is 817 g/mol. The summed E-state index contributed by atoms with van der Waals surface area (Å²) in [4.78, 5) is 8.50. The summed E-state index contributed by atoms with van der Waals surface area (Å²) in [6.07, 6.45) is -8.98. The topological polar surface area (TPSA) is 32.5 Å². The van der Waals surface area contributed by atoms with E-state index in [-0.39, 0.29) is 0 Å². The molecule has 0 spiro atoms. The van der Waals surface area contributed by atoms with Crippen LogP contribution in [0.3, 0.4) is 0 Å². The average molecular weight is 818 g/mol. The largest absolute Gasteiger partial charge is 0.436 e. The number of rotatable bonds is 9. The molecule has 0 radical (unpaired) electrons. The van der Waals surface area contributed by atoms with E-state index < -0.39 is 23.5 Å². The van der Waals surface area contributed by atoms with Crippen LogP contribution in [-0.2, 0) is 12.4 Å². The number of hydrogen-bond donors (Lipinski definition) is 0. The van der Waals surface area contributed by atoms with Gasteiger partial charge in [-0.25, -0.2) is 4.98 Å². The molecule has 0 amide bonds. The summed E-state index contributed by atoms with van der Waals surface area (Å²) in [6, 6.07) is 58.1. The third kappa shape index (κ3) is 8.20. The van der Waals surface area contributed by atoms with Gasteiger partial charge in [0.25, 0.3) is 0 Å². The fraction of sp³-hybridized carbons (Fsp3) is 0.0392. The Hall–Kier alpha value is -7.59. The number of benzene rings is 8. The first kappa shape index (κ1) is 38.9. The number of oxazole rings is 1. The normalized spacial score (nSPS) is 11.8. The number of nitrogens with zero attached hydrogens (tertiary/aromatic N) is 3. The molecule has 0 saturated carbocycles. The van der Waals surface area contributed by atoms with Gasteiger partial charge in [0.2, 0.25) is 5.89 Å². The van der Waals surface area contributed by atoms with Gasteiger partial charge in [-0.2, -0.15) is 26.3 Å². The highest BCUT2D eigenvalue weighted by Gasteiger charge is 2.31. The van der Waals surface area contributed by atoms with Crippen molar-refractivity contribution in [2.75, 3.05) is 9.80 Å². The van der Waals surface area contributed by atoms with Gasteiger partial charge in [-0.1, -0.05) is 91.0 Å². The summed E-state index contributed by atoms with van der Waals surface area (Å²) >= 11 is 0. The molecule has 1 heterocycles. The third-order valence-electron chi connectivity index (χ3n) is 10.4. The first-order valence-corrected chi connectivity index (χ1v) is 19.2. The number of aromatic nitrogens is 1. The van der Waals surface area contributed by atoms with Crippen molar-refractivity contribution in [1.29, 1.82) is 0 Å². The van der Waals surface area contributed by atoms with Crippen LogP contribution < -0.4 is 9.80 Å². The van der Waals surface area contributed by atoms with Crippen LogP contribution in [0.25, 0.3) is 44.8 Å². The standard InChI is InChI=1S/C51H33F6N3O/c52-50(53,54)39-18-26-43(27-19-39)59(41-22-14-36(15-23-41)34-8-3-1-4-9-34)45-13-7-12-38(32-45)49-58-47-31-30-46(33-48(47)61-49)60(44-28-20-40(21-29-44)51(55,56)57)42-24-16-37(17-25-42)35-10-5-2-6-11-35/h1-33H. The molecular weight excluding hydrogens is 785 g/mol. The molecule has 61 heavy (non-hydrogen) atoms. The summed E-state index contributed by atoms with van der Waals surface area (Å²) in [5.41, 5.74) is 7.85. The van der Waals surface area contributed by atoms with Gasteiger partial charge in [0.1, 0.15) is 5.52 Å². The molecule has 0 aliphatic rings. The first-order valence-electron chi connectivity index (χ1n) is 19.2. The average Bonchev–Trinajstić information content (AvgIpc) is 3.72. The Balaban J connectivity index is 1.08. The maximum Gasteiger partial charge on any atom is 0.416 e. The summed E-state index contributed by atoms with van der Waals surface area (Å²) in [5.74, 6) is 0.300. The zero-order valence-electron chi connectivity index (χ0n) is 32.1. The van der Waals surface area contributed by atoms with Crippen LogP contribution in [0.2, 0.25) is 0 Å². The quantitative estimate of drug-likeness (QED) is 0.136. The van der Waals surface area contributed by atoms with E-state index in [0.29, 0.717) is 51.0 Å². The van der Waals surface area contributed by atoms with Gasteiger partial charge in [-0.15, -0.1) is 0 Å². The molecule has 300 valence electrons. The molecule has 0 unspecified atom stereocenters. The van der Waals surface area contributed by atoms with Gasteiger partial charge in [0.05, 0.1) is 11.1 Å². The minimum Gasteiger partial charge on any atom is -0.436 e. The summed E-state index contributed by atoms with van der Waals surface area (Å²) < 4.78 is 87.9. The zero-order valence-corrected chi connectivity index (χ0v) is 32.1. The van der Waals surface area contributed by atoms with Gasteiger partial charge in [0, 0.05) is 45.8 Å².